The normalized spacial score (nSPS) is 25.6. The Balaban J connectivity index is 0. The Morgan fingerprint density at radius 3 is 1.40 bits per heavy atom. The maximum absolute atomic E-state index is 2.82. The first-order valence-corrected chi connectivity index (χ1v) is 2.49. The van der Waals surface area contributed by atoms with E-state index in [4.69, 9.17) is 0 Å². The summed E-state index contributed by atoms with van der Waals surface area (Å²) in [4.78, 5) is 0. The van der Waals surface area contributed by atoms with Crippen molar-refractivity contribution in [2.24, 2.45) is 0 Å². The zero-order valence-corrected chi connectivity index (χ0v) is 12.7. The molecule has 0 bridgehead atoms. The van der Waals surface area contributed by atoms with Crippen LogP contribution in [0.1, 0.15) is 0 Å². The van der Waals surface area contributed by atoms with Crippen molar-refractivity contribution in [1.29, 1.82) is 0 Å². The second-order valence-corrected chi connectivity index (χ2v) is 1.39. The Morgan fingerprint density at radius 1 is 0.600 bits per heavy atom. The molecule has 0 fully saturated rings. The van der Waals surface area contributed by atoms with Crippen LogP contribution in [0.4, 0.5) is 0 Å². The van der Waals surface area contributed by atoms with E-state index in [0.717, 1.165) is 0 Å². The van der Waals surface area contributed by atoms with Gasteiger partial charge in [-0.05, 0) is 0 Å². The summed E-state index contributed by atoms with van der Waals surface area (Å²) in [5, 5.41) is 0. The molecule has 0 saturated heterocycles. The van der Waals surface area contributed by atoms with Crippen molar-refractivity contribution in [2.75, 3.05) is 0 Å². The van der Waals surface area contributed by atoms with Gasteiger partial charge in [0.25, 0.3) is 0 Å². The van der Waals surface area contributed by atoms with Crippen molar-refractivity contribution in [2.45, 2.75) is 0 Å². The third kappa shape index (κ3) is 8.33. The first kappa shape index (κ1) is 14.7. The Kier molecular flexibility index (Phi) is 16.6. The molecule has 0 amide bonds. The Hall–Kier alpha value is 2.23. The molecule has 0 nitrogen and oxygen atoms in total. The van der Waals surface area contributed by atoms with Gasteiger partial charge < -0.3 is 12.2 Å². The van der Waals surface area contributed by atoms with Gasteiger partial charge in [0, 0.05) is 0 Å². The van der Waals surface area contributed by atoms with E-state index in [0.29, 0.717) is 0 Å². The average molecular weight is 180 g/mol. The van der Waals surface area contributed by atoms with Crippen molar-refractivity contribution >= 4 is 0 Å². The molecule has 0 unspecified atom stereocenters. The van der Waals surface area contributed by atoms with Crippen LogP contribution in [0.5, 0.6) is 0 Å². The van der Waals surface area contributed by atoms with Crippen LogP contribution in [0.3, 0.4) is 0 Å². The summed E-state index contributed by atoms with van der Waals surface area (Å²) in [6.45, 7) is 0. The van der Waals surface area contributed by atoms with Gasteiger partial charge in [-0.25, -0.2) is 12.2 Å². The van der Waals surface area contributed by atoms with Crippen molar-refractivity contribution in [3.63, 3.8) is 0 Å². The maximum atomic E-state index is 2.82. The maximum Gasteiger partial charge on any atom is 1.00 e. The summed E-state index contributed by atoms with van der Waals surface area (Å²) < 4.78 is 0. The number of rotatable bonds is 0. The summed E-state index contributed by atoms with van der Waals surface area (Å²) in [5.41, 5.74) is 0. The van der Waals surface area contributed by atoms with Crippen LogP contribution < -0.4 is 103 Å². The van der Waals surface area contributed by atoms with Gasteiger partial charge >= 0.3 is 103 Å². The minimum absolute atomic E-state index is 0. The molecule has 2 heteroatoms. The van der Waals surface area contributed by atoms with Crippen LogP contribution in [-0.2, 0) is 0 Å². The molecule has 0 heterocycles. The van der Waals surface area contributed by atoms with E-state index < -0.39 is 0 Å². The van der Waals surface area contributed by atoms with Crippen molar-refractivity contribution < 1.29 is 103 Å². The van der Waals surface area contributed by atoms with E-state index in [-0.39, 0.29) is 103 Å². The summed E-state index contributed by atoms with van der Waals surface area (Å²) in [6.07, 6.45) is 17.0. The fraction of sp³-hybridized carbons (Fsp3) is 0. The van der Waals surface area contributed by atoms with Crippen LogP contribution in [0.2, 0.25) is 0 Å². The Bertz CT molecular complexity index is 108. The van der Waals surface area contributed by atoms with E-state index in [1.807, 2.05) is 36.5 Å². The molecule has 0 radical (unpaired) electrons. The number of hydrogen-bond donors (Lipinski definition) is 0. The molecule has 40 valence electrons. The van der Waals surface area contributed by atoms with Crippen molar-refractivity contribution in [3.8, 4) is 0 Å². The SMILES string of the molecule is [C-]1=[C-]\C=C/C=C\C=C/1.[K+].[K+]. The molecule has 0 aromatic heterocycles. The van der Waals surface area contributed by atoms with E-state index in [9.17, 15) is 0 Å². The first-order chi connectivity index (χ1) is 4.00. The van der Waals surface area contributed by atoms with Crippen molar-refractivity contribution in [3.05, 3.63) is 48.6 Å². The second kappa shape index (κ2) is 11.2. The smallest absolute Gasteiger partial charge is 0.325 e. The molecular formula is C8H6K2. The first-order valence-electron chi connectivity index (χ1n) is 2.49. The second-order valence-electron chi connectivity index (χ2n) is 1.39. The third-order valence-corrected chi connectivity index (χ3v) is 0.776. The third-order valence-electron chi connectivity index (χ3n) is 0.776. The minimum Gasteiger partial charge on any atom is -0.325 e. The molecule has 0 spiro atoms. The van der Waals surface area contributed by atoms with Crippen LogP contribution in [0.25, 0.3) is 0 Å². The van der Waals surface area contributed by atoms with E-state index >= 15 is 0 Å². The molecule has 1 rings (SSSR count). The van der Waals surface area contributed by atoms with Crippen LogP contribution in [0.15, 0.2) is 36.5 Å². The van der Waals surface area contributed by atoms with E-state index in [1.165, 1.54) is 0 Å². The van der Waals surface area contributed by atoms with Crippen molar-refractivity contribution in [1.82, 2.24) is 0 Å². The van der Waals surface area contributed by atoms with Gasteiger partial charge in [0.2, 0.25) is 0 Å². The standard InChI is InChI=1S/C8H6.2K/c1-2-4-6-8-7-5-3-1;;/h1-6H;;/q-2;2*+1/b2-1-,3-1?,4-2?,5-3-,6-4-;;. The molecule has 10 heavy (non-hydrogen) atoms. The number of allylic oxidation sites excluding steroid dienone is 8. The van der Waals surface area contributed by atoms with Gasteiger partial charge in [-0.2, -0.15) is 0 Å². The monoisotopic (exact) mass is 180 g/mol. The largest absolute Gasteiger partial charge is 1.00 e. The van der Waals surface area contributed by atoms with Crippen LogP contribution >= 0.6 is 0 Å². The van der Waals surface area contributed by atoms with Gasteiger partial charge in [0.05, 0.1) is 0 Å². The summed E-state index contributed by atoms with van der Waals surface area (Å²) >= 11 is 0. The molecule has 0 saturated carbocycles. The topological polar surface area (TPSA) is 0 Å². The predicted octanol–water partition coefficient (Wildman–Crippen LogP) is -4.16. The molecule has 1 aliphatic rings. The molecule has 1 aliphatic carbocycles. The minimum atomic E-state index is 0. The van der Waals surface area contributed by atoms with Gasteiger partial charge in [-0.15, -0.1) is 12.2 Å². The van der Waals surface area contributed by atoms with Gasteiger partial charge in [0.15, 0.2) is 0 Å². The van der Waals surface area contributed by atoms with Crippen LogP contribution in [-0.4, -0.2) is 0 Å². The van der Waals surface area contributed by atoms with Gasteiger partial charge in [0.1, 0.15) is 0 Å². The molecular weight excluding hydrogens is 174 g/mol. The van der Waals surface area contributed by atoms with Gasteiger partial charge in [-0.3, -0.25) is 12.2 Å². The summed E-state index contributed by atoms with van der Waals surface area (Å²) in [7, 11) is 0. The molecule has 0 N–H and O–H groups in total. The summed E-state index contributed by atoms with van der Waals surface area (Å²) in [5.74, 6) is 0. The van der Waals surface area contributed by atoms with E-state index in [2.05, 4.69) is 12.2 Å². The zero-order chi connectivity index (χ0) is 5.66. The van der Waals surface area contributed by atoms with E-state index in [1.54, 1.807) is 0 Å². The summed E-state index contributed by atoms with van der Waals surface area (Å²) in [6, 6.07) is 0. The Morgan fingerprint density at radius 2 is 1.00 bits per heavy atom. The molecule has 0 aliphatic heterocycles. The predicted molar refractivity (Wildman–Crippen MR) is 33.9 cm³/mol. The van der Waals surface area contributed by atoms with Crippen LogP contribution in [0, 0.1) is 12.2 Å². The fourth-order valence-electron chi connectivity index (χ4n) is 0.432. The molecule has 0 aromatic rings. The quantitative estimate of drug-likeness (QED) is 0.262. The Labute approximate surface area is 147 Å². The fourth-order valence-corrected chi connectivity index (χ4v) is 0.432. The van der Waals surface area contributed by atoms with Gasteiger partial charge in [-0.1, -0.05) is 0 Å². The zero-order valence-electron chi connectivity index (χ0n) is 6.46. The molecule has 0 atom stereocenters. The average Bonchev–Trinajstić information content (AvgIpc) is 1.62. The molecule has 0 aromatic carbocycles. The number of hydrogen-bond acceptors (Lipinski definition) is 0.